The summed E-state index contributed by atoms with van der Waals surface area (Å²) in [6, 6.07) is 19.0. The summed E-state index contributed by atoms with van der Waals surface area (Å²) in [7, 11) is 0. The zero-order valence-corrected chi connectivity index (χ0v) is 15.5. The molecule has 3 amide bonds. The molecule has 1 aliphatic rings. The zero-order valence-electron chi connectivity index (χ0n) is 15.5. The first-order valence-corrected chi connectivity index (χ1v) is 8.92. The Morgan fingerprint density at radius 3 is 2.00 bits per heavy atom. The molecule has 4 rings (SSSR count). The number of amides is 3. The minimum absolute atomic E-state index is 0.249. The number of carbonyl (C=O) groups is 3. The standard InChI is InChI=1S/C23H18N2O3/c1-14-7-12-20(15(2)13-14)24-21(26)16-8-10-17(11-9-16)25-22(27)18-5-3-4-6-19(18)23(25)28/h3-13H,1-2H3,(H,24,26). The van der Waals surface area contributed by atoms with Crippen LogP contribution in [-0.4, -0.2) is 17.7 Å². The number of nitrogens with one attached hydrogen (secondary N) is 1. The fourth-order valence-electron chi connectivity index (χ4n) is 3.33. The van der Waals surface area contributed by atoms with Crippen LogP contribution in [0.1, 0.15) is 42.2 Å². The Bertz CT molecular complexity index is 1080. The SMILES string of the molecule is Cc1ccc(NC(=O)c2ccc(N3C(=O)c4ccccc4C3=O)cc2)c(C)c1. The van der Waals surface area contributed by atoms with Crippen molar-refractivity contribution in [3.63, 3.8) is 0 Å². The lowest BCUT2D eigenvalue weighted by Crippen LogP contribution is -2.29. The third-order valence-electron chi connectivity index (χ3n) is 4.81. The number of fused-ring (bicyclic) bond motifs is 1. The van der Waals surface area contributed by atoms with Crippen molar-refractivity contribution in [3.05, 3.63) is 94.5 Å². The van der Waals surface area contributed by atoms with E-state index in [1.54, 1.807) is 48.5 Å². The largest absolute Gasteiger partial charge is 0.322 e. The van der Waals surface area contributed by atoms with Gasteiger partial charge in [-0.1, -0.05) is 29.8 Å². The van der Waals surface area contributed by atoms with Crippen molar-refractivity contribution in [1.29, 1.82) is 0 Å². The van der Waals surface area contributed by atoms with Crippen LogP contribution in [-0.2, 0) is 0 Å². The van der Waals surface area contributed by atoms with E-state index < -0.39 is 0 Å². The molecule has 0 saturated heterocycles. The number of rotatable bonds is 3. The van der Waals surface area contributed by atoms with E-state index in [4.69, 9.17) is 0 Å². The molecule has 5 heteroatoms. The maximum atomic E-state index is 12.6. The third-order valence-corrected chi connectivity index (χ3v) is 4.81. The molecule has 3 aromatic carbocycles. The maximum Gasteiger partial charge on any atom is 0.266 e. The first kappa shape index (κ1) is 17.7. The third kappa shape index (κ3) is 2.97. The number of hydrogen-bond donors (Lipinski definition) is 1. The molecule has 1 heterocycles. The van der Waals surface area contributed by atoms with Gasteiger partial charge in [0.15, 0.2) is 0 Å². The van der Waals surface area contributed by atoms with Crippen molar-refractivity contribution in [1.82, 2.24) is 0 Å². The number of anilines is 2. The topological polar surface area (TPSA) is 66.5 Å². The predicted octanol–water partition coefficient (Wildman–Crippen LogP) is 4.36. The van der Waals surface area contributed by atoms with Gasteiger partial charge in [-0.3, -0.25) is 14.4 Å². The van der Waals surface area contributed by atoms with Crippen LogP contribution in [0.2, 0.25) is 0 Å². The normalized spacial score (nSPS) is 12.9. The minimum Gasteiger partial charge on any atom is -0.322 e. The molecule has 28 heavy (non-hydrogen) atoms. The monoisotopic (exact) mass is 370 g/mol. The number of benzene rings is 3. The molecule has 3 aromatic rings. The summed E-state index contributed by atoms with van der Waals surface area (Å²) < 4.78 is 0. The maximum absolute atomic E-state index is 12.6. The lowest BCUT2D eigenvalue weighted by Gasteiger charge is -2.14. The highest BCUT2D eigenvalue weighted by molar-refractivity contribution is 6.34. The number of aryl methyl sites for hydroxylation is 2. The molecule has 5 nitrogen and oxygen atoms in total. The van der Waals surface area contributed by atoms with Crippen molar-refractivity contribution < 1.29 is 14.4 Å². The Morgan fingerprint density at radius 2 is 1.43 bits per heavy atom. The number of nitrogens with zero attached hydrogens (tertiary/aromatic N) is 1. The highest BCUT2D eigenvalue weighted by Crippen LogP contribution is 2.28. The number of imide groups is 1. The van der Waals surface area contributed by atoms with Crippen LogP contribution < -0.4 is 10.2 Å². The van der Waals surface area contributed by atoms with Gasteiger partial charge in [0.05, 0.1) is 16.8 Å². The second-order valence-electron chi connectivity index (χ2n) is 6.81. The zero-order chi connectivity index (χ0) is 19.8. The first-order valence-electron chi connectivity index (χ1n) is 8.92. The molecule has 0 bridgehead atoms. The van der Waals surface area contributed by atoms with Crippen LogP contribution in [0.15, 0.2) is 66.7 Å². The van der Waals surface area contributed by atoms with Crippen molar-refractivity contribution in [2.24, 2.45) is 0 Å². The summed E-state index contributed by atoms with van der Waals surface area (Å²) in [4.78, 5) is 38.8. The molecule has 1 N–H and O–H groups in total. The molecule has 0 aromatic heterocycles. The van der Waals surface area contributed by atoms with Crippen LogP contribution in [0.25, 0.3) is 0 Å². The van der Waals surface area contributed by atoms with E-state index in [0.29, 0.717) is 22.4 Å². The Kier molecular flexibility index (Phi) is 4.28. The van der Waals surface area contributed by atoms with E-state index in [0.717, 1.165) is 21.7 Å². The second kappa shape index (κ2) is 6.78. The van der Waals surface area contributed by atoms with Crippen LogP contribution in [0.5, 0.6) is 0 Å². The summed E-state index contributed by atoms with van der Waals surface area (Å²) in [6.45, 7) is 3.94. The average molecular weight is 370 g/mol. The molecule has 0 spiro atoms. The van der Waals surface area contributed by atoms with Gasteiger partial charge in [0, 0.05) is 11.3 Å². The summed E-state index contributed by atoms with van der Waals surface area (Å²) >= 11 is 0. The number of hydrogen-bond acceptors (Lipinski definition) is 3. The van der Waals surface area contributed by atoms with E-state index in [-0.39, 0.29) is 17.7 Å². The molecular formula is C23H18N2O3. The van der Waals surface area contributed by atoms with Gasteiger partial charge >= 0.3 is 0 Å². The Balaban J connectivity index is 1.55. The van der Waals surface area contributed by atoms with E-state index in [1.165, 1.54) is 0 Å². The molecular weight excluding hydrogens is 352 g/mol. The van der Waals surface area contributed by atoms with Gasteiger partial charge in [0.1, 0.15) is 0 Å². The van der Waals surface area contributed by atoms with Crippen LogP contribution >= 0.6 is 0 Å². The van der Waals surface area contributed by atoms with Crippen LogP contribution in [0.3, 0.4) is 0 Å². The predicted molar refractivity (Wildman–Crippen MR) is 108 cm³/mol. The molecule has 0 aliphatic carbocycles. The summed E-state index contributed by atoms with van der Waals surface area (Å²) in [5, 5.41) is 2.89. The van der Waals surface area contributed by atoms with Crippen molar-refractivity contribution >= 4 is 29.1 Å². The molecule has 0 unspecified atom stereocenters. The van der Waals surface area contributed by atoms with Gasteiger partial charge in [-0.25, -0.2) is 4.90 Å². The van der Waals surface area contributed by atoms with Gasteiger partial charge in [0.25, 0.3) is 17.7 Å². The smallest absolute Gasteiger partial charge is 0.266 e. The van der Waals surface area contributed by atoms with E-state index in [9.17, 15) is 14.4 Å². The average Bonchev–Trinajstić information content (AvgIpc) is 2.95. The lowest BCUT2D eigenvalue weighted by atomic mass is 10.1. The Labute approximate surface area is 162 Å². The van der Waals surface area contributed by atoms with Gasteiger partial charge in [0.2, 0.25) is 0 Å². The van der Waals surface area contributed by atoms with Gasteiger partial charge in [-0.05, 0) is 61.9 Å². The van der Waals surface area contributed by atoms with Gasteiger partial charge in [-0.2, -0.15) is 0 Å². The highest BCUT2D eigenvalue weighted by Gasteiger charge is 2.36. The van der Waals surface area contributed by atoms with Crippen molar-refractivity contribution in [2.75, 3.05) is 10.2 Å². The Hall–Kier alpha value is -3.73. The summed E-state index contributed by atoms with van der Waals surface area (Å²) in [6.07, 6.45) is 0. The lowest BCUT2D eigenvalue weighted by molar-refractivity contribution is 0.0925. The fraction of sp³-hybridized carbons (Fsp3) is 0.0870. The summed E-state index contributed by atoms with van der Waals surface area (Å²) in [5.41, 5.74) is 4.53. The minimum atomic E-state index is -0.354. The molecule has 0 atom stereocenters. The van der Waals surface area contributed by atoms with Crippen molar-refractivity contribution in [2.45, 2.75) is 13.8 Å². The highest BCUT2D eigenvalue weighted by atomic mass is 16.2. The molecule has 1 aliphatic heterocycles. The number of carbonyl (C=O) groups excluding carboxylic acids is 3. The quantitative estimate of drug-likeness (QED) is 0.697. The second-order valence-corrected chi connectivity index (χ2v) is 6.81. The van der Waals surface area contributed by atoms with E-state index in [2.05, 4.69) is 5.32 Å². The summed E-state index contributed by atoms with van der Waals surface area (Å²) in [5.74, 6) is -0.956. The van der Waals surface area contributed by atoms with Crippen molar-refractivity contribution in [3.8, 4) is 0 Å². The molecule has 0 saturated carbocycles. The molecule has 138 valence electrons. The first-order chi connectivity index (χ1) is 13.5. The molecule has 0 fully saturated rings. The Morgan fingerprint density at radius 1 is 0.821 bits per heavy atom. The van der Waals surface area contributed by atoms with Gasteiger partial charge in [-0.15, -0.1) is 0 Å². The van der Waals surface area contributed by atoms with Crippen LogP contribution in [0, 0.1) is 13.8 Å². The van der Waals surface area contributed by atoms with E-state index in [1.807, 2.05) is 32.0 Å². The van der Waals surface area contributed by atoms with E-state index >= 15 is 0 Å². The van der Waals surface area contributed by atoms with Gasteiger partial charge < -0.3 is 5.32 Å². The van der Waals surface area contributed by atoms with Crippen LogP contribution in [0.4, 0.5) is 11.4 Å². The molecule has 0 radical (unpaired) electrons. The fourth-order valence-corrected chi connectivity index (χ4v) is 3.33.